The number of rotatable bonds is 2. The minimum atomic E-state index is -0.0178. The van der Waals surface area contributed by atoms with Crippen LogP contribution in [0, 0.1) is 0 Å². The second-order valence-corrected chi connectivity index (χ2v) is 4.69. The Bertz CT molecular complexity index is 503. The zero-order valence-electron chi connectivity index (χ0n) is 9.31. The lowest BCUT2D eigenvalue weighted by atomic mass is 10.0. The second kappa shape index (κ2) is 4.39. The van der Waals surface area contributed by atoms with Crippen LogP contribution in [0.15, 0.2) is 34.9 Å². The molecule has 1 aromatic carbocycles. The fourth-order valence-corrected chi connectivity index (χ4v) is 2.24. The molecule has 0 aliphatic rings. The highest BCUT2D eigenvalue weighted by Gasteiger charge is 2.15. The lowest BCUT2D eigenvalue weighted by Gasteiger charge is -2.10. The van der Waals surface area contributed by atoms with E-state index >= 15 is 0 Å². The number of nitrogens with two attached hydrogens (primary N) is 1. The summed E-state index contributed by atoms with van der Waals surface area (Å²) in [5.41, 5.74) is 9.20. The van der Waals surface area contributed by atoms with Crippen LogP contribution in [0.2, 0.25) is 0 Å². The smallest absolute Gasteiger partial charge is 0.0737 e. The summed E-state index contributed by atoms with van der Waals surface area (Å²) >= 11 is 3.55. The normalized spacial score (nSPS) is 12.8. The summed E-state index contributed by atoms with van der Waals surface area (Å²) in [4.78, 5) is 0. The molecular weight excluding hydrogens is 266 g/mol. The summed E-state index contributed by atoms with van der Waals surface area (Å²) in [6.45, 7) is 1.97. The average molecular weight is 280 g/mol. The summed E-state index contributed by atoms with van der Waals surface area (Å²) in [5.74, 6) is 0. The summed E-state index contributed by atoms with van der Waals surface area (Å²) in [6.07, 6.45) is 1.83. The fourth-order valence-electron chi connectivity index (χ4n) is 1.77. The molecule has 84 valence electrons. The maximum absolute atomic E-state index is 5.95. The van der Waals surface area contributed by atoms with E-state index in [9.17, 15) is 0 Å². The van der Waals surface area contributed by atoms with E-state index in [1.165, 1.54) is 0 Å². The molecule has 3 nitrogen and oxygen atoms in total. The average Bonchev–Trinajstić information content (AvgIpc) is 2.61. The zero-order valence-corrected chi connectivity index (χ0v) is 10.9. The number of aryl methyl sites for hydroxylation is 1. The van der Waals surface area contributed by atoms with Gasteiger partial charge in [-0.2, -0.15) is 5.10 Å². The van der Waals surface area contributed by atoms with Crippen LogP contribution in [0.1, 0.15) is 18.5 Å². The highest BCUT2D eigenvalue weighted by atomic mass is 79.9. The molecule has 0 saturated heterocycles. The van der Waals surface area contributed by atoms with E-state index in [1.807, 2.05) is 43.0 Å². The Morgan fingerprint density at radius 1 is 1.38 bits per heavy atom. The first-order valence-electron chi connectivity index (χ1n) is 5.13. The van der Waals surface area contributed by atoms with Crippen LogP contribution in [-0.4, -0.2) is 9.78 Å². The molecule has 0 fully saturated rings. The fraction of sp³-hybridized carbons (Fsp3) is 0.250. The summed E-state index contributed by atoms with van der Waals surface area (Å²) in [6, 6.07) is 8.07. The third-order valence-electron chi connectivity index (χ3n) is 2.59. The van der Waals surface area contributed by atoms with Crippen LogP contribution in [0.5, 0.6) is 0 Å². The topological polar surface area (TPSA) is 43.8 Å². The largest absolute Gasteiger partial charge is 0.324 e. The summed E-state index contributed by atoms with van der Waals surface area (Å²) < 4.78 is 2.92. The van der Waals surface area contributed by atoms with E-state index in [0.29, 0.717) is 0 Å². The number of nitrogens with zero attached hydrogens (tertiary/aromatic N) is 2. The van der Waals surface area contributed by atoms with Crippen molar-refractivity contribution >= 4 is 15.9 Å². The minimum absolute atomic E-state index is 0.0178. The van der Waals surface area contributed by atoms with Crippen molar-refractivity contribution in [3.05, 3.63) is 40.5 Å². The van der Waals surface area contributed by atoms with Gasteiger partial charge in [-0.15, -0.1) is 0 Å². The zero-order chi connectivity index (χ0) is 11.7. The van der Waals surface area contributed by atoms with Crippen molar-refractivity contribution in [1.82, 2.24) is 9.78 Å². The van der Waals surface area contributed by atoms with Crippen molar-refractivity contribution in [2.24, 2.45) is 12.8 Å². The minimum Gasteiger partial charge on any atom is -0.324 e. The predicted molar refractivity (Wildman–Crippen MR) is 68.9 cm³/mol. The molecule has 4 heteroatoms. The molecule has 0 aliphatic carbocycles. The summed E-state index contributed by atoms with van der Waals surface area (Å²) in [5, 5.41) is 4.27. The van der Waals surface area contributed by atoms with Gasteiger partial charge in [0.2, 0.25) is 0 Å². The number of hydrogen-bond acceptors (Lipinski definition) is 2. The molecule has 0 aliphatic heterocycles. The highest BCUT2D eigenvalue weighted by molar-refractivity contribution is 9.10. The van der Waals surface area contributed by atoms with Gasteiger partial charge in [-0.25, -0.2) is 0 Å². The van der Waals surface area contributed by atoms with Crippen LogP contribution in [0.25, 0.3) is 11.3 Å². The molecule has 0 radical (unpaired) electrons. The molecular formula is C12H14BrN3. The summed E-state index contributed by atoms with van der Waals surface area (Å²) in [7, 11) is 1.93. The molecule has 2 N–H and O–H groups in total. The molecule has 1 aromatic heterocycles. The van der Waals surface area contributed by atoms with E-state index in [4.69, 9.17) is 5.73 Å². The molecule has 0 saturated carbocycles. The van der Waals surface area contributed by atoms with Crippen molar-refractivity contribution in [2.45, 2.75) is 13.0 Å². The van der Waals surface area contributed by atoms with Gasteiger partial charge in [0, 0.05) is 28.7 Å². The lowest BCUT2D eigenvalue weighted by Crippen LogP contribution is -2.06. The molecule has 2 aromatic rings. The first-order valence-corrected chi connectivity index (χ1v) is 5.93. The van der Waals surface area contributed by atoms with Gasteiger partial charge < -0.3 is 5.73 Å². The molecule has 1 unspecified atom stereocenters. The van der Waals surface area contributed by atoms with E-state index in [-0.39, 0.29) is 6.04 Å². The Kier molecular flexibility index (Phi) is 3.12. The predicted octanol–water partition coefficient (Wildman–Crippen LogP) is 2.87. The van der Waals surface area contributed by atoms with Gasteiger partial charge in [0.05, 0.1) is 11.9 Å². The standard InChI is InChI=1S/C12H14BrN3/c1-8(14)10-7-15-16(2)12(10)9-5-3-4-6-11(9)13/h3-8H,14H2,1-2H3. The van der Waals surface area contributed by atoms with Crippen LogP contribution in [-0.2, 0) is 7.05 Å². The Morgan fingerprint density at radius 3 is 2.69 bits per heavy atom. The third kappa shape index (κ3) is 1.90. The molecule has 0 spiro atoms. The maximum atomic E-state index is 5.95. The van der Waals surface area contributed by atoms with Crippen LogP contribution < -0.4 is 5.73 Å². The lowest BCUT2D eigenvalue weighted by molar-refractivity contribution is 0.771. The van der Waals surface area contributed by atoms with Gasteiger partial charge in [-0.3, -0.25) is 4.68 Å². The van der Waals surface area contributed by atoms with Gasteiger partial charge in [0.1, 0.15) is 0 Å². The Labute approximate surface area is 103 Å². The number of hydrogen-bond donors (Lipinski definition) is 1. The van der Waals surface area contributed by atoms with Crippen LogP contribution in [0.4, 0.5) is 0 Å². The second-order valence-electron chi connectivity index (χ2n) is 3.84. The van der Waals surface area contributed by atoms with E-state index in [2.05, 4.69) is 27.1 Å². The van der Waals surface area contributed by atoms with E-state index < -0.39 is 0 Å². The van der Waals surface area contributed by atoms with Crippen molar-refractivity contribution in [3.8, 4) is 11.3 Å². The van der Waals surface area contributed by atoms with E-state index in [0.717, 1.165) is 21.3 Å². The van der Waals surface area contributed by atoms with Crippen molar-refractivity contribution in [2.75, 3.05) is 0 Å². The number of halogens is 1. The highest BCUT2D eigenvalue weighted by Crippen LogP contribution is 2.32. The SMILES string of the molecule is CC(N)c1cnn(C)c1-c1ccccc1Br. The van der Waals surface area contributed by atoms with Crippen molar-refractivity contribution in [1.29, 1.82) is 0 Å². The monoisotopic (exact) mass is 279 g/mol. The van der Waals surface area contributed by atoms with Gasteiger partial charge in [0.25, 0.3) is 0 Å². The first-order chi connectivity index (χ1) is 7.61. The first kappa shape index (κ1) is 11.4. The molecule has 0 amide bonds. The Morgan fingerprint density at radius 2 is 2.06 bits per heavy atom. The molecule has 16 heavy (non-hydrogen) atoms. The van der Waals surface area contributed by atoms with Crippen LogP contribution in [0.3, 0.4) is 0 Å². The van der Waals surface area contributed by atoms with Gasteiger partial charge >= 0.3 is 0 Å². The quantitative estimate of drug-likeness (QED) is 0.919. The Hall–Kier alpha value is -1.13. The molecule has 1 heterocycles. The number of benzene rings is 1. The maximum Gasteiger partial charge on any atom is 0.0737 e. The van der Waals surface area contributed by atoms with E-state index in [1.54, 1.807) is 0 Å². The molecule has 0 bridgehead atoms. The third-order valence-corrected chi connectivity index (χ3v) is 3.28. The van der Waals surface area contributed by atoms with Gasteiger partial charge in [-0.1, -0.05) is 34.1 Å². The Balaban J connectivity index is 2.64. The molecule has 1 atom stereocenters. The van der Waals surface area contributed by atoms with Gasteiger partial charge in [0.15, 0.2) is 0 Å². The van der Waals surface area contributed by atoms with Crippen LogP contribution >= 0.6 is 15.9 Å². The van der Waals surface area contributed by atoms with Gasteiger partial charge in [-0.05, 0) is 13.0 Å². The molecule has 2 rings (SSSR count). The van der Waals surface area contributed by atoms with Crippen molar-refractivity contribution < 1.29 is 0 Å². The van der Waals surface area contributed by atoms with Crippen molar-refractivity contribution in [3.63, 3.8) is 0 Å². The number of aromatic nitrogens is 2.